The Morgan fingerprint density at radius 2 is 0.933 bits per heavy atom. The van der Waals surface area contributed by atoms with E-state index >= 15 is 0 Å². The Morgan fingerprint density at radius 3 is 1.30 bits per heavy atom. The molecule has 0 fully saturated rings. The van der Waals surface area contributed by atoms with Crippen molar-refractivity contribution in [1.29, 1.82) is 0 Å². The molecule has 0 N–H and O–H groups in total. The summed E-state index contributed by atoms with van der Waals surface area (Å²) in [5.41, 5.74) is 9.12. The number of hydrogen-bond acceptors (Lipinski definition) is 2. The van der Waals surface area contributed by atoms with Gasteiger partial charge in [0.2, 0.25) is 0 Å². The minimum absolute atomic E-state index is 1.07. The average molecular weight is 395 g/mol. The molecule has 0 atom stereocenters. The van der Waals surface area contributed by atoms with E-state index in [9.17, 15) is 0 Å². The van der Waals surface area contributed by atoms with Crippen molar-refractivity contribution in [2.45, 2.75) is 27.7 Å². The fraction of sp³-hybridized carbons (Fsp3) is 0.154. The van der Waals surface area contributed by atoms with Gasteiger partial charge in [-0.15, -0.1) is 0 Å². The highest BCUT2D eigenvalue weighted by Crippen LogP contribution is 2.21. The standard InChI is InChI=1S/C26H26N4/c1-19-15-23(21(3)29(19)25-11-7-5-8-12-25)17-27-28-18-24-16-20(2)30(22(24)4)26-13-9-6-10-14-26/h5-18H,1-4H3/b27-17-,28-18?. The number of para-hydroxylation sites is 2. The Balaban J connectivity index is 1.56. The Kier molecular flexibility index (Phi) is 5.48. The predicted molar refractivity (Wildman–Crippen MR) is 126 cm³/mol. The van der Waals surface area contributed by atoms with Gasteiger partial charge in [0.15, 0.2) is 0 Å². The van der Waals surface area contributed by atoms with Crippen molar-refractivity contribution in [3.63, 3.8) is 0 Å². The molecule has 0 aliphatic carbocycles. The number of nitrogens with zero attached hydrogens (tertiary/aromatic N) is 4. The normalized spacial score (nSPS) is 11.7. The number of aryl methyl sites for hydroxylation is 2. The molecule has 4 heteroatoms. The molecule has 0 unspecified atom stereocenters. The van der Waals surface area contributed by atoms with E-state index in [0.717, 1.165) is 33.9 Å². The monoisotopic (exact) mass is 394 g/mol. The van der Waals surface area contributed by atoms with Gasteiger partial charge in [0.25, 0.3) is 0 Å². The smallest absolute Gasteiger partial charge is 0.0586 e. The molecule has 4 nitrogen and oxygen atoms in total. The van der Waals surface area contributed by atoms with E-state index in [0.29, 0.717) is 0 Å². The second-order valence-electron chi connectivity index (χ2n) is 7.48. The minimum Gasteiger partial charge on any atom is -0.318 e. The Labute approximate surface area is 177 Å². The quantitative estimate of drug-likeness (QED) is 0.296. The van der Waals surface area contributed by atoms with Crippen molar-refractivity contribution in [3.8, 4) is 11.4 Å². The van der Waals surface area contributed by atoms with Gasteiger partial charge >= 0.3 is 0 Å². The summed E-state index contributed by atoms with van der Waals surface area (Å²) in [6.07, 6.45) is 3.66. The largest absolute Gasteiger partial charge is 0.318 e. The Hall–Kier alpha value is -3.66. The molecule has 30 heavy (non-hydrogen) atoms. The molecule has 0 radical (unpaired) electrons. The molecule has 0 saturated heterocycles. The van der Waals surface area contributed by atoms with E-state index < -0.39 is 0 Å². The maximum Gasteiger partial charge on any atom is 0.0586 e. The van der Waals surface area contributed by atoms with Gasteiger partial charge in [-0.1, -0.05) is 36.4 Å². The maximum absolute atomic E-state index is 4.32. The maximum atomic E-state index is 4.32. The van der Waals surface area contributed by atoms with Gasteiger partial charge < -0.3 is 9.13 Å². The second-order valence-corrected chi connectivity index (χ2v) is 7.48. The lowest BCUT2D eigenvalue weighted by molar-refractivity contribution is 0.964. The van der Waals surface area contributed by atoms with Crippen molar-refractivity contribution in [1.82, 2.24) is 9.13 Å². The summed E-state index contributed by atoms with van der Waals surface area (Å²) in [5, 5.41) is 8.64. The van der Waals surface area contributed by atoms with Gasteiger partial charge in [-0.2, -0.15) is 10.2 Å². The number of rotatable bonds is 5. The zero-order valence-corrected chi connectivity index (χ0v) is 17.9. The van der Waals surface area contributed by atoms with Crippen LogP contribution in [0.3, 0.4) is 0 Å². The summed E-state index contributed by atoms with van der Waals surface area (Å²) in [6.45, 7) is 8.44. The van der Waals surface area contributed by atoms with Crippen molar-refractivity contribution >= 4 is 12.4 Å². The summed E-state index contributed by atoms with van der Waals surface area (Å²) in [6, 6.07) is 25.0. The van der Waals surface area contributed by atoms with Crippen LogP contribution in [0.2, 0.25) is 0 Å². The van der Waals surface area contributed by atoms with Crippen LogP contribution in [0.1, 0.15) is 33.9 Å². The lowest BCUT2D eigenvalue weighted by atomic mass is 10.2. The highest BCUT2D eigenvalue weighted by molar-refractivity contribution is 5.85. The van der Waals surface area contributed by atoms with Gasteiger partial charge in [-0.05, 0) is 64.1 Å². The highest BCUT2D eigenvalue weighted by atomic mass is 15.2. The zero-order chi connectivity index (χ0) is 21.1. The third-order valence-electron chi connectivity index (χ3n) is 5.43. The predicted octanol–water partition coefficient (Wildman–Crippen LogP) is 5.95. The number of hydrogen-bond donors (Lipinski definition) is 0. The molecule has 0 saturated carbocycles. The van der Waals surface area contributed by atoms with Crippen LogP contribution in [0.15, 0.2) is 83.0 Å². The molecule has 0 bridgehead atoms. The summed E-state index contributed by atoms with van der Waals surface area (Å²) in [4.78, 5) is 0. The molecule has 4 aromatic rings. The highest BCUT2D eigenvalue weighted by Gasteiger charge is 2.10. The molecule has 2 aromatic heterocycles. The van der Waals surface area contributed by atoms with Crippen LogP contribution in [0.25, 0.3) is 11.4 Å². The van der Waals surface area contributed by atoms with Crippen LogP contribution in [-0.4, -0.2) is 21.6 Å². The molecular formula is C26H26N4. The van der Waals surface area contributed by atoms with Crippen molar-refractivity contribution in [2.75, 3.05) is 0 Å². The van der Waals surface area contributed by atoms with Crippen LogP contribution < -0.4 is 0 Å². The van der Waals surface area contributed by atoms with Crippen molar-refractivity contribution < 1.29 is 0 Å². The van der Waals surface area contributed by atoms with E-state index in [2.05, 4.69) is 108 Å². The second kappa shape index (κ2) is 8.37. The third-order valence-corrected chi connectivity index (χ3v) is 5.43. The molecule has 0 spiro atoms. The zero-order valence-electron chi connectivity index (χ0n) is 17.9. The number of aromatic nitrogens is 2. The third kappa shape index (κ3) is 3.77. The van der Waals surface area contributed by atoms with Crippen molar-refractivity contribution in [3.05, 3.63) is 107 Å². The number of benzene rings is 2. The fourth-order valence-electron chi connectivity index (χ4n) is 3.98. The fourth-order valence-corrected chi connectivity index (χ4v) is 3.98. The van der Waals surface area contributed by atoms with Crippen molar-refractivity contribution in [2.24, 2.45) is 10.2 Å². The molecular weight excluding hydrogens is 368 g/mol. The molecule has 150 valence electrons. The first-order valence-electron chi connectivity index (χ1n) is 10.1. The van der Waals surface area contributed by atoms with Gasteiger partial charge in [0.05, 0.1) is 12.4 Å². The first-order chi connectivity index (χ1) is 14.6. The lowest BCUT2D eigenvalue weighted by Gasteiger charge is -2.09. The molecule has 0 aliphatic rings. The van der Waals surface area contributed by atoms with Gasteiger partial charge in [0, 0.05) is 45.3 Å². The van der Waals surface area contributed by atoms with E-state index in [-0.39, 0.29) is 0 Å². The Morgan fingerprint density at radius 1 is 0.567 bits per heavy atom. The topological polar surface area (TPSA) is 34.6 Å². The van der Waals surface area contributed by atoms with E-state index in [1.54, 1.807) is 0 Å². The summed E-state index contributed by atoms with van der Waals surface area (Å²) in [7, 11) is 0. The summed E-state index contributed by atoms with van der Waals surface area (Å²) >= 11 is 0. The van der Waals surface area contributed by atoms with E-state index in [1.165, 1.54) is 11.4 Å². The van der Waals surface area contributed by atoms with Gasteiger partial charge in [-0.3, -0.25) is 0 Å². The van der Waals surface area contributed by atoms with Crippen LogP contribution in [-0.2, 0) is 0 Å². The van der Waals surface area contributed by atoms with Crippen LogP contribution in [0.5, 0.6) is 0 Å². The summed E-state index contributed by atoms with van der Waals surface area (Å²) < 4.78 is 4.47. The molecule has 0 aliphatic heterocycles. The SMILES string of the molecule is Cc1cc(C=N/N=C\c2cc(C)n(-c3ccccc3)c2C)c(C)n1-c1ccccc1. The first kappa shape index (κ1) is 19.6. The lowest BCUT2D eigenvalue weighted by Crippen LogP contribution is -1.99. The molecule has 2 aromatic carbocycles. The van der Waals surface area contributed by atoms with Crippen LogP contribution in [0.4, 0.5) is 0 Å². The molecule has 0 amide bonds. The molecule has 2 heterocycles. The van der Waals surface area contributed by atoms with Crippen LogP contribution >= 0.6 is 0 Å². The average Bonchev–Trinajstić information content (AvgIpc) is 3.20. The summed E-state index contributed by atoms with van der Waals surface area (Å²) in [5.74, 6) is 0. The van der Waals surface area contributed by atoms with E-state index in [1.807, 2.05) is 24.6 Å². The minimum atomic E-state index is 1.07. The van der Waals surface area contributed by atoms with Gasteiger partial charge in [0.1, 0.15) is 0 Å². The Bertz CT molecular complexity index is 1110. The van der Waals surface area contributed by atoms with Gasteiger partial charge in [-0.25, -0.2) is 0 Å². The molecule has 4 rings (SSSR count). The van der Waals surface area contributed by atoms with E-state index in [4.69, 9.17) is 0 Å². The van der Waals surface area contributed by atoms with Crippen LogP contribution in [0, 0.1) is 27.7 Å². The first-order valence-corrected chi connectivity index (χ1v) is 10.1.